The Hall–Kier alpha value is -2.44. The van der Waals surface area contributed by atoms with Gasteiger partial charge in [-0.1, -0.05) is 0 Å². The standard InChI is InChI=1S/C16H17F2N3O2/c1-21-9-12-13(3-2-4-14(12)20-21)19-15(22)10-5-7-11(8-6-10)23-16(17)18/h5-9,13,16H,2-4H2,1H3,(H,19,22)/t13-/m1/s1. The summed E-state index contributed by atoms with van der Waals surface area (Å²) in [6.45, 7) is -2.87. The number of carbonyl (C=O) groups excluding carboxylic acids is 1. The number of halogens is 2. The molecule has 5 nitrogen and oxygen atoms in total. The van der Waals surface area contributed by atoms with Gasteiger partial charge in [-0.25, -0.2) is 0 Å². The van der Waals surface area contributed by atoms with E-state index in [1.165, 1.54) is 24.3 Å². The van der Waals surface area contributed by atoms with Crippen molar-refractivity contribution in [1.29, 1.82) is 0 Å². The number of nitrogens with one attached hydrogen (secondary N) is 1. The van der Waals surface area contributed by atoms with Gasteiger partial charge in [0, 0.05) is 24.4 Å². The number of fused-ring (bicyclic) bond motifs is 1. The van der Waals surface area contributed by atoms with Crippen LogP contribution in [0.5, 0.6) is 5.75 Å². The summed E-state index contributed by atoms with van der Waals surface area (Å²) in [6.07, 6.45) is 4.67. The van der Waals surface area contributed by atoms with Gasteiger partial charge in [0.05, 0.1) is 11.7 Å². The van der Waals surface area contributed by atoms with E-state index in [1.54, 1.807) is 4.68 Å². The topological polar surface area (TPSA) is 56.2 Å². The molecular weight excluding hydrogens is 304 g/mol. The number of hydrogen-bond donors (Lipinski definition) is 1. The van der Waals surface area contributed by atoms with Gasteiger partial charge in [-0.15, -0.1) is 0 Å². The van der Waals surface area contributed by atoms with Crippen LogP contribution in [-0.2, 0) is 13.5 Å². The first-order chi connectivity index (χ1) is 11.0. The molecule has 1 atom stereocenters. The van der Waals surface area contributed by atoms with Crippen molar-refractivity contribution in [3.05, 3.63) is 47.3 Å². The summed E-state index contributed by atoms with van der Waals surface area (Å²) < 4.78 is 30.3. The Bertz CT molecular complexity index is 698. The van der Waals surface area contributed by atoms with Crippen molar-refractivity contribution in [3.63, 3.8) is 0 Å². The van der Waals surface area contributed by atoms with Crippen LogP contribution in [0.1, 0.15) is 40.5 Å². The Morgan fingerprint density at radius 1 is 1.39 bits per heavy atom. The molecule has 1 N–H and O–H groups in total. The van der Waals surface area contributed by atoms with E-state index < -0.39 is 6.61 Å². The number of aromatic nitrogens is 2. The molecule has 0 radical (unpaired) electrons. The van der Waals surface area contributed by atoms with Crippen molar-refractivity contribution in [2.24, 2.45) is 7.05 Å². The number of nitrogens with zero attached hydrogens (tertiary/aromatic N) is 2. The molecule has 0 bridgehead atoms. The van der Waals surface area contributed by atoms with Gasteiger partial charge < -0.3 is 10.1 Å². The lowest BCUT2D eigenvalue weighted by Gasteiger charge is -2.22. The van der Waals surface area contributed by atoms with Crippen LogP contribution in [0.2, 0.25) is 0 Å². The first kappa shape index (κ1) is 15.5. The van der Waals surface area contributed by atoms with Gasteiger partial charge in [0.2, 0.25) is 0 Å². The van der Waals surface area contributed by atoms with Crippen LogP contribution < -0.4 is 10.1 Å². The average molecular weight is 321 g/mol. The van der Waals surface area contributed by atoms with Crippen LogP contribution >= 0.6 is 0 Å². The highest BCUT2D eigenvalue weighted by molar-refractivity contribution is 5.94. The van der Waals surface area contributed by atoms with Crippen molar-refractivity contribution in [3.8, 4) is 5.75 Å². The van der Waals surface area contributed by atoms with Gasteiger partial charge in [0.1, 0.15) is 5.75 Å². The molecule has 0 saturated carbocycles. The highest BCUT2D eigenvalue weighted by atomic mass is 19.3. The predicted molar refractivity (Wildman–Crippen MR) is 79.4 cm³/mol. The average Bonchev–Trinajstić information content (AvgIpc) is 2.88. The third-order valence-electron chi connectivity index (χ3n) is 3.87. The minimum atomic E-state index is -2.87. The quantitative estimate of drug-likeness (QED) is 0.942. The Morgan fingerprint density at radius 3 is 2.83 bits per heavy atom. The second-order valence-electron chi connectivity index (χ2n) is 5.53. The van der Waals surface area contributed by atoms with Crippen molar-refractivity contribution in [1.82, 2.24) is 15.1 Å². The van der Waals surface area contributed by atoms with E-state index in [0.717, 1.165) is 30.5 Å². The maximum absolute atomic E-state index is 12.3. The van der Waals surface area contributed by atoms with Crippen LogP contribution in [0, 0.1) is 0 Å². The van der Waals surface area contributed by atoms with Gasteiger partial charge in [0.25, 0.3) is 5.91 Å². The second-order valence-corrected chi connectivity index (χ2v) is 5.53. The number of hydrogen-bond acceptors (Lipinski definition) is 3. The van der Waals surface area contributed by atoms with Gasteiger partial charge >= 0.3 is 6.61 Å². The fourth-order valence-electron chi connectivity index (χ4n) is 2.85. The SMILES string of the molecule is Cn1cc2c(n1)CCC[C@H]2NC(=O)c1ccc(OC(F)F)cc1. The molecule has 122 valence electrons. The zero-order valence-electron chi connectivity index (χ0n) is 12.6. The van der Waals surface area contributed by atoms with E-state index in [2.05, 4.69) is 15.2 Å². The number of rotatable bonds is 4. The molecule has 1 aromatic heterocycles. The highest BCUT2D eigenvalue weighted by Gasteiger charge is 2.24. The molecule has 2 aromatic rings. The number of ether oxygens (including phenoxy) is 1. The van der Waals surface area contributed by atoms with Crippen molar-refractivity contribution >= 4 is 5.91 Å². The summed E-state index contributed by atoms with van der Waals surface area (Å²) in [5.74, 6) is -0.209. The molecule has 23 heavy (non-hydrogen) atoms. The molecule has 1 heterocycles. The predicted octanol–water partition coefficient (Wildman–Crippen LogP) is 2.83. The van der Waals surface area contributed by atoms with E-state index in [1.807, 2.05) is 13.2 Å². The molecule has 1 aliphatic rings. The third kappa shape index (κ3) is 3.49. The maximum atomic E-state index is 12.3. The maximum Gasteiger partial charge on any atom is 0.387 e. The molecule has 1 aromatic carbocycles. The molecule has 0 unspecified atom stereocenters. The van der Waals surface area contributed by atoms with Crippen LogP contribution in [0.3, 0.4) is 0 Å². The second kappa shape index (κ2) is 6.36. The molecule has 7 heteroatoms. The molecule has 0 saturated heterocycles. The van der Waals surface area contributed by atoms with Gasteiger partial charge in [-0.2, -0.15) is 13.9 Å². The summed E-state index contributed by atoms with van der Waals surface area (Å²) in [4.78, 5) is 12.3. The van der Waals surface area contributed by atoms with Gasteiger partial charge in [-0.05, 0) is 43.5 Å². The molecule has 0 spiro atoms. The molecule has 1 amide bonds. The lowest BCUT2D eigenvalue weighted by molar-refractivity contribution is -0.0498. The molecule has 3 rings (SSSR count). The van der Waals surface area contributed by atoms with Crippen molar-refractivity contribution < 1.29 is 18.3 Å². The zero-order valence-corrected chi connectivity index (χ0v) is 12.6. The Labute approximate surface area is 132 Å². The number of amides is 1. The molecule has 0 aliphatic heterocycles. The fraction of sp³-hybridized carbons (Fsp3) is 0.375. The van der Waals surface area contributed by atoms with Gasteiger partial charge in [-0.3, -0.25) is 9.48 Å². The normalized spacial score (nSPS) is 17.0. The van der Waals surface area contributed by atoms with Crippen molar-refractivity contribution in [2.45, 2.75) is 31.9 Å². The van der Waals surface area contributed by atoms with Crippen molar-refractivity contribution in [2.75, 3.05) is 0 Å². The van der Waals surface area contributed by atoms with Gasteiger partial charge in [0.15, 0.2) is 0 Å². The molecule has 1 aliphatic carbocycles. The van der Waals surface area contributed by atoms with E-state index in [4.69, 9.17) is 0 Å². The number of aryl methyl sites for hydroxylation is 2. The van der Waals surface area contributed by atoms with E-state index in [0.29, 0.717) is 5.56 Å². The van der Waals surface area contributed by atoms with E-state index in [9.17, 15) is 13.6 Å². The van der Waals surface area contributed by atoms with Crippen LogP contribution in [0.25, 0.3) is 0 Å². The Morgan fingerprint density at radius 2 is 2.13 bits per heavy atom. The summed E-state index contributed by atoms with van der Waals surface area (Å²) in [7, 11) is 1.86. The van der Waals surface area contributed by atoms with E-state index in [-0.39, 0.29) is 17.7 Å². The number of alkyl halides is 2. The first-order valence-corrected chi connectivity index (χ1v) is 7.41. The summed E-state index contributed by atoms with van der Waals surface area (Å²) in [6, 6.07) is 5.59. The lowest BCUT2D eigenvalue weighted by atomic mass is 9.93. The summed E-state index contributed by atoms with van der Waals surface area (Å²) in [5, 5.41) is 7.38. The Balaban J connectivity index is 1.70. The minimum absolute atomic E-state index is 0.0313. The van der Waals surface area contributed by atoms with E-state index >= 15 is 0 Å². The smallest absolute Gasteiger partial charge is 0.387 e. The minimum Gasteiger partial charge on any atom is -0.435 e. The summed E-state index contributed by atoms with van der Waals surface area (Å²) in [5.41, 5.74) is 2.47. The Kier molecular flexibility index (Phi) is 4.27. The number of carbonyl (C=O) groups is 1. The third-order valence-corrected chi connectivity index (χ3v) is 3.87. The monoisotopic (exact) mass is 321 g/mol. The lowest BCUT2D eigenvalue weighted by Crippen LogP contribution is -2.30. The van der Waals surface area contributed by atoms with Crippen LogP contribution in [-0.4, -0.2) is 22.3 Å². The van der Waals surface area contributed by atoms with Crippen LogP contribution in [0.4, 0.5) is 8.78 Å². The first-order valence-electron chi connectivity index (χ1n) is 7.41. The molecule has 0 fully saturated rings. The highest BCUT2D eigenvalue weighted by Crippen LogP contribution is 2.29. The fourth-order valence-corrected chi connectivity index (χ4v) is 2.85. The molecular formula is C16H17F2N3O2. The number of benzene rings is 1. The zero-order chi connectivity index (χ0) is 16.4. The van der Waals surface area contributed by atoms with Crippen LogP contribution in [0.15, 0.2) is 30.5 Å². The summed E-state index contributed by atoms with van der Waals surface area (Å²) >= 11 is 0. The largest absolute Gasteiger partial charge is 0.435 e.